The summed E-state index contributed by atoms with van der Waals surface area (Å²) in [7, 11) is 0. The number of benzene rings is 15. The first-order valence-corrected chi connectivity index (χ1v) is 38.1. The van der Waals surface area contributed by atoms with Crippen LogP contribution in [0.1, 0.15) is 79.0 Å². The second kappa shape index (κ2) is 27.4. The standard InChI is InChI=1S/C102H85BN2S/c1-100(2,3)84-59-83(60-85(64-84)101(4,5)6)91-62-81(80-55-76(70-35-20-12-21-36-70)53-77(56-80)71-37-22-13-23-38-71)63-93-99(91)106-97-66-86(102(7,8)9)65-96-98(97)103(93)92-52-51-89(104(87-49-47-74(48-50-87)68-31-16-10-17-32-68)88-44-30-43-75(61-88)69-33-18-11-19-34-69)67-95(92)105(96)94-46-29-28-45-90(94)82-57-78(72-39-24-14-25-40-72)54-79(58-82)73-41-26-15-27-42-73/h10-67H,1-9H3. The Bertz CT molecular complexity index is 5630. The second-order valence-corrected chi connectivity index (χ2v) is 32.8. The normalized spacial score (nSPS) is 12.5. The van der Waals surface area contributed by atoms with Crippen LogP contribution < -0.4 is 26.2 Å². The molecular formula is C102H85BN2S. The van der Waals surface area contributed by atoms with Gasteiger partial charge in [0.15, 0.2) is 0 Å². The van der Waals surface area contributed by atoms with E-state index in [4.69, 9.17) is 0 Å². The summed E-state index contributed by atoms with van der Waals surface area (Å²) in [6.45, 7) is 21.1. The number of anilines is 6. The van der Waals surface area contributed by atoms with Crippen LogP contribution in [0.4, 0.5) is 34.1 Å². The third kappa shape index (κ3) is 13.1. The van der Waals surface area contributed by atoms with Crippen LogP contribution in [-0.4, -0.2) is 6.71 Å². The molecule has 0 saturated carbocycles. The van der Waals surface area contributed by atoms with E-state index < -0.39 is 0 Å². The summed E-state index contributed by atoms with van der Waals surface area (Å²) in [6.07, 6.45) is 0. The molecule has 0 amide bonds. The van der Waals surface area contributed by atoms with Gasteiger partial charge in [-0.05, 0) is 236 Å². The van der Waals surface area contributed by atoms with Crippen LogP contribution in [0.3, 0.4) is 0 Å². The van der Waals surface area contributed by atoms with Crippen molar-refractivity contribution in [1.29, 1.82) is 0 Å². The lowest BCUT2D eigenvalue weighted by Gasteiger charge is -2.43. The Labute approximate surface area is 631 Å². The van der Waals surface area contributed by atoms with E-state index in [1.807, 2.05) is 11.8 Å². The average molecular weight is 1380 g/mol. The molecule has 0 aliphatic carbocycles. The monoisotopic (exact) mass is 1380 g/mol. The molecule has 512 valence electrons. The minimum atomic E-state index is -0.230. The summed E-state index contributed by atoms with van der Waals surface area (Å²) in [5.41, 5.74) is 35.1. The molecule has 0 aromatic heterocycles. The van der Waals surface area contributed by atoms with Crippen molar-refractivity contribution in [2.75, 3.05) is 9.80 Å². The van der Waals surface area contributed by atoms with Gasteiger partial charge in [0.1, 0.15) is 0 Å². The minimum absolute atomic E-state index is 0.120. The van der Waals surface area contributed by atoms with Crippen molar-refractivity contribution in [3.8, 4) is 100 Å². The highest BCUT2D eigenvalue weighted by Gasteiger charge is 2.44. The van der Waals surface area contributed by atoms with Crippen LogP contribution in [0.2, 0.25) is 0 Å². The number of hydrogen-bond donors (Lipinski definition) is 0. The first-order chi connectivity index (χ1) is 51.4. The summed E-state index contributed by atoms with van der Waals surface area (Å²) >= 11 is 1.97. The van der Waals surface area contributed by atoms with Crippen molar-refractivity contribution in [3.05, 3.63) is 369 Å². The van der Waals surface area contributed by atoms with Crippen LogP contribution in [-0.2, 0) is 16.2 Å². The summed E-state index contributed by atoms with van der Waals surface area (Å²) in [6, 6.07) is 132. The van der Waals surface area contributed by atoms with Gasteiger partial charge in [-0.1, -0.05) is 334 Å². The molecule has 15 aromatic carbocycles. The first-order valence-electron chi connectivity index (χ1n) is 37.3. The Balaban J connectivity index is 0.976. The predicted molar refractivity (Wildman–Crippen MR) is 456 cm³/mol. The van der Waals surface area contributed by atoms with Crippen LogP contribution in [0.15, 0.2) is 362 Å². The van der Waals surface area contributed by atoms with E-state index in [2.05, 4.69) is 424 Å². The topological polar surface area (TPSA) is 6.48 Å². The van der Waals surface area contributed by atoms with Crippen LogP contribution in [0.25, 0.3) is 100 Å². The van der Waals surface area contributed by atoms with Gasteiger partial charge < -0.3 is 9.80 Å². The van der Waals surface area contributed by atoms with Crippen molar-refractivity contribution < 1.29 is 0 Å². The minimum Gasteiger partial charge on any atom is -0.311 e. The zero-order valence-electron chi connectivity index (χ0n) is 61.9. The van der Waals surface area contributed by atoms with E-state index >= 15 is 0 Å². The van der Waals surface area contributed by atoms with Crippen LogP contribution >= 0.6 is 11.8 Å². The molecule has 17 rings (SSSR count). The molecule has 0 spiro atoms. The molecule has 0 unspecified atom stereocenters. The molecule has 0 atom stereocenters. The maximum atomic E-state index is 2.67. The number of para-hydroxylation sites is 1. The van der Waals surface area contributed by atoms with Crippen molar-refractivity contribution in [1.82, 2.24) is 0 Å². The smallest absolute Gasteiger partial charge is 0.249 e. The van der Waals surface area contributed by atoms with Gasteiger partial charge in [-0.3, -0.25) is 0 Å². The van der Waals surface area contributed by atoms with E-state index in [0.29, 0.717) is 0 Å². The number of rotatable bonds is 13. The SMILES string of the molecule is CC(C)(C)c1cc(-c2cc(-c3cc(-c4ccccc4)cc(-c4ccccc4)c3)cc3c2Sc2cc(C(C)(C)C)cc4c2B3c2ccc(N(c3ccc(-c5ccccc5)cc3)c3cccc(-c5ccccc5)c3)cc2N4c2ccccc2-c2cc(-c3ccccc3)cc(-c3ccccc3)c2)cc(C(C)(C)C)c1. The molecule has 106 heavy (non-hydrogen) atoms. The molecule has 0 N–H and O–H groups in total. The fourth-order valence-corrected chi connectivity index (χ4v) is 17.0. The van der Waals surface area contributed by atoms with E-state index in [9.17, 15) is 0 Å². The Morgan fingerprint density at radius 2 is 0.632 bits per heavy atom. The van der Waals surface area contributed by atoms with Gasteiger partial charge in [-0.15, -0.1) is 0 Å². The fourth-order valence-electron chi connectivity index (χ4n) is 15.7. The van der Waals surface area contributed by atoms with Crippen molar-refractivity contribution in [2.24, 2.45) is 0 Å². The third-order valence-electron chi connectivity index (χ3n) is 21.5. The molecule has 15 aromatic rings. The highest BCUT2D eigenvalue weighted by atomic mass is 32.2. The quantitative estimate of drug-likeness (QED) is 0.106. The maximum absolute atomic E-state index is 2.67. The molecule has 2 heterocycles. The second-order valence-electron chi connectivity index (χ2n) is 31.8. The predicted octanol–water partition coefficient (Wildman–Crippen LogP) is 26.8. The van der Waals surface area contributed by atoms with Gasteiger partial charge in [-0.25, -0.2) is 0 Å². The number of hydrogen-bond acceptors (Lipinski definition) is 3. The Morgan fingerprint density at radius 3 is 1.13 bits per heavy atom. The number of nitrogens with zero attached hydrogens (tertiary/aromatic N) is 2. The van der Waals surface area contributed by atoms with Gasteiger partial charge in [0, 0.05) is 43.8 Å². The van der Waals surface area contributed by atoms with Crippen LogP contribution in [0, 0.1) is 0 Å². The van der Waals surface area contributed by atoms with Gasteiger partial charge in [0.05, 0.1) is 5.69 Å². The molecule has 2 aliphatic rings. The largest absolute Gasteiger partial charge is 0.311 e. The van der Waals surface area contributed by atoms with E-state index in [1.165, 1.54) is 132 Å². The lowest BCUT2D eigenvalue weighted by Crippen LogP contribution is -2.60. The van der Waals surface area contributed by atoms with Gasteiger partial charge >= 0.3 is 0 Å². The lowest BCUT2D eigenvalue weighted by atomic mass is 9.34. The van der Waals surface area contributed by atoms with Gasteiger partial charge in [0.25, 0.3) is 0 Å². The highest BCUT2D eigenvalue weighted by molar-refractivity contribution is 8.00. The lowest BCUT2D eigenvalue weighted by molar-refractivity contribution is 0.569. The summed E-state index contributed by atoms with van der Waals surface area (Å²) in [5, 5.41) is 0. The zero-order chi connectivity index (χ0) is 72.4. The molecular weight excluding hydrogens is 1300 g/mol. The third-order valence-corrected chi connectivity index (χ3v) is 22.7. The number of fused-ring (bicyclic) bond motifs is 4. The Morgan fingerprint density at radius 1 is 0.245 bits per heavy atom. The molecule has 0 radical (unpaired) electrons. The van der Waals surface area contributed by atoms with E-state index in [0.717, 1.165) is 45.1 Å². The zero-order valence-corrected chi connectivity index (χ0v) is 62.7. The Hall–Kier alpha value is -11.7. The van der Waals surface area contributed by atoms with Crippen LogP contribution in [0.5, 0.6) is 0 Å². The maximum Gasteiger partial charge on any atom is 0.249 e. The van der Waals surface area contributed by atoms with E-state index in [-0.39, 0.29) is 23.0 Å². The molecule has 4 heteroatoms. The molecule has 2 nitrogen and oxygen atoms in total. The van der Waals surface area contributed by atoms with Crippen molar-refractivity contribution in [3.63, 3.8) is 0 Å². The fraction of sp³-hybridized carbons (Fsp3) is 0.118. The highest BCUT2D eigenvalue weighted by Crippen LogP contribution is 2.52. The van der Waals surface area contributed by atoms with Gasteiger partial charge in [-0.2, -0.15) is 0 Å². The summed E-state index contributed by atoms with van der Waals surface area (Å²) in [5.74, 6) is 0. The molecule has 2 aliphatic heterocycles. The van der Waals surface area contributed by atoms with E-state index in [1.54, 1.807) is 0 Å². The molecule has 0 bridgehead atoms. The average Bonchev–Trinajstić information content (AvgIpc) is 0.696. The molecule has 0 fully saturated rings. The summed E-state index contributed by atoms with van der Waals surface area (Å²) < 4.78 is 0. The summed E-state index contributed by atoms with van der Waals surface area (Å²) in [4.78, 5) is 7.72. The first kappa shape index (κ1) is 67.5. The molecule has 0 saturated heterocycles. The van der Waals surface area contributed by atoms with Crippen molar-refractivity contribution in [2.45, 2.75) is 88.3 Å². The van der Waals surface area contributed by atoms with Gasteiger partial charge in [0.2, 0.25) is 6.71 Å². The Kier molecular flexibility index (Phi) is 17.5. The van der Waals surface area contributed by atoms with Crippen molar-refractivity contribution >= 4 is 69.0 Å².